The highest BCUT2D eigenvalue weighted by Crippen LogP contribution is 2.27. The second-order valence-electron chi connectivity index (χ2n) is 13.7. The third kappa shape index (κ3) is 12.2. The number of primary amides is 1. The van der Waals surface area contributed by atoms with Crippen molar-refractivity contribution in [2.24, 2.45) is 39.8 Å². The fourth-order valence-corrected chi connectivity index (χ4v) is 6.63. The SMILES string of the molecule is CC(C)C[C@H](NC(=O)[C@H](CCCN=C(N)N)NC(=O)[C@@H](NC(=O)[C@H](N)Cc1ccc(O)cc1)C1CCCCC1)C(=O)N1CCC[C@H]1C(N)=O. The summed E-state index contributed by atoms with van der Waals surface area (Å²) in [6.45, 7) is 4.40. The van der Waals surface area contributed by atoms with E-state index in [4.69, 9.17) is 22.9 Å². The first-order valence-corrected chi connectivity index (χ1v) is 17.4. The van der Waals surface area contributed by atoms with Gasteiger partial charge in [0.1, 0.15) is 29.9 Å². The molecule has 5 amide bonds. The Balaban J connectivity index is 1.81. The van der Waals surface area contributed by atoms with E-state index in [0.29, 0.717) is 32.2 Å². The summed E-state index contributed by atoms with van der Waals surface area (Å²) in [4.78, 5) is 72.3. The monoisotopic (exact) mass is 685 g/mol. The quantitative estimate of drug-likeness (QED) is 0.0616. The van der Waals surface area contributed by atoms with Gasteiger partial charge < -0.3 is 48.9 Å². The zero-order valence-corrected chi connectivity index (χ0v) is 28.7. The summed E-state index contributed by atoms with van der Waals surface area (Å²) in [6.07, 6.45) is 6.32. The van der Waals surface area contributed by atoms with Crippen LogP contribution < -0.4 is 38.9 Å². The van der Waals surface area contributed by atoms with Crippen LogP contribution in [-0.2, 0) is 30.4 Å². The second-order valence-corrected chi connectivity index (χ2v) is 13.7. The van der Waals surface area contributed by atoms with Crippen LogP contribution in [0, 0.1) is 11.8 Å². The Kier molecular flexibility index (Phi) is 15.1. The Morgan fingerprint density at radius 3 is 2.14 bits per heavy atom. The normalized spacial score (nSPS) is 18.9. The summed E-state index contributed by atoms with van der Waals surface area (Å²) in [5.74, 6) is -2.76. The van der Waals surface area contributed by atoms with Crippen LogP contribution in [0.5, 0.6) is 5.75 Å². The maximum atomic E-state index is 14.0. The van der Waals surface area contributed by atoms with Gasteiger partial charge in [0.2, 0.25) is 29.5 Å². The van der Waals surface area contributed by atoms with Crippen molar-refractivity contribution in [3.63, 3.8) is 0 Å². The van der Waals surface area contributed by atoms with Crippen LogP contribution in [0.1, 0.15) is 83.6 Å². The molecule has 1 heterocycles. The lowest BCUT2D eigenvalue weighted by Crippen LogP contribution is -2.60. The Hall–Kier alpha value is -4.40. The van der Waals surface area contributed by atoms with Gasteiger partial charge >= 0.3 is 0 Å². The molecule has 0 aromatic heterocycles. The zero-order chi connectivity index (χ0) is 36.1. The molecule has 2 aliphatic rings. The number of nitrogens with one attached hydrogen (secondary N) is 3. The summed E-state index contributed by atoms with van der Waals surface area (Å²) in [5.41, 5.74) is 23.5. The molecule has 1 aromatic rings. The standard InChI is InChI=1S/C34H55N9O6/c1-20(2)18-26(33(49)43-17-7-11-27(43)29(36)45)41-31(47)25(10-6-16-39-34(37)38)40-32(48)28(22-8-4-3-5-9-22)42-30(46)24(35)19-21-12-14-23(44)15-13-21/h12-15,20,22,24-28,44H,3-11,16-19,35H2,1-2H3,(H2,36,45)(H,40,48)(H,41,47)(H,42,46)(H4,37,38,39)/t24-,25+,26+,27+,28+/m1/s1. The predicted molar refractivity (Wildman–Crippen MR) is 185 cm³/mol. The van der Waals surface area contributed by atoms with E-state index in [2.05, 4.69) is 20.9 Å². The van der Waals surface area contributed by atoms with Gasteiger partial charge in [-0.25, -0.2) is 0 Å². The molecule has 1 aromatic carbocycles. The Morgan fingerprint density at radius 1 is 0.878 bits per heavy atom. The number of phenolic OH excluding ortho intramolecular Hbond substituents is 1. The number of hydrogen-bond donors (Lipinski definition) is 8. The molecule has 15 nitrogen and oxygen atoms in total. The van der Waals surface area contributed by atoms with Crippen molar-refractivity contribution in [2.45, 2.75) is 115 Å². The molecule has 1 aliphatic carbocycles. The first-order chi connectivity index (χ1) is 23.3. The number of carbonyl (C=O) groups is 5. The first kappa shape index (κ1) is 39.0. The minimum Gasteiger partial charge on any atom is -0.508 e. The van der Waals surface area contributed by atoms with E-state index in [1.54, 1.807) is 12.1 Å². The molecule has 0 unspecified atom stereocenters. The summed E-state index contributed by atoms with van der Waals surface area (Å²) < 4.78 is 0. The van der Waals surface area contributed by atoms with E-state index in [9.17, 15) is 29.1 Å². The van der Waals surface area contributed by atoms with Gasteiger partial charge in [-0.3, -0.25) is 29.0 Å². The van der Waals surface area contributed by atoms with E-state index in [1.807, 2.05) is 13.8 Å². The van der Waals surface area contributed by atoms with Gasteiger partial charge in [0.25, 0.3) is 0 Å². The van der Waals surface area contributed by atoms with E-state index in [-0.39, 0.29) is 42.9 Å². The third-order valence-electron chi connectivity index (χ3n) is 9.19. The molecule has 0 spiro atoms. The van der Waals surface area contributed by atoms with Crippen LogP contribution >= 0.6 is 0 Å². The second kappa shape index (κ2) is 19.0. The van der Waals surface area contributed by atoms with Crippen LogP contribution in [0.2, 0.25) is 0 Å². The van der Waals surface area contributed by atoms with Crippen molar-refractivity contribution in [3.8, 4) is 5.75 Å². The molecule has 1 saturated heterocycles. The average molecular weight is 686 g/mol. The minimum atomic E-state index is -1.08. The Labute approximate surface area is 288 Å². The van der Waals surface area contributed by atoms with Crippen molar-refractivity contribution >= 4 is 35.5 Å². The molecule has 0 bridgehead atoms. The number of nitrogens with zero attached hydrogens (tertiary/aromatic N) is 2. The van der Waals surface area contributed by atoms with E-state index in [1.165, 1.54) is 17.0 Å². The number of likely N-dealkylation sites (tertiary alicyclic amines) is 1. The van der Waals surface area contributed by atoms with E-state index >= 15 is 0 Å². The Morgan fingerprint density at radius 2 is 1.53 bits per heavy atom. The predicted octanol–water partition coefficient (Wildman–Crippen LogP) is -0.127. The van der Waals surface area contributed by atoms with Crippen LogP contribution in [0.15, 0.2) is 29.3 Å². The number of aromatic hydroxyl groups is 1. The summed E-state index contributed by atoms with van der Waals surface area (Å²) in [6, 6.07) is 1.70. The highest BCUT2D eigenvalue weighted by Gasteiger charge is 2.39. The summed E-state index contributed by atoms with van der Waals surface area (Å²) in [5, 5.41) is 18.1. The van der Waals surface area contributed by atoms with Crippen molar-refractivity contribution in [2.75, 3.05) is 13.1 Å². The average Bonchev–Trinajstić information content (AvgIpc) is 3.56. The van der Waals surface area contributed by atoms with Crippen LogP contribution in [0.3, 0.4) is 0 Å². The smallest absolute Gasteiger partial charge is 0.245 e. The van der Waals surface area contributed by atoms with Gasteiger partial charge in [-0.1, -0.05) is 45.2 Å². The lowest BCUT2D eigenvalue weighted by molar-refractivity contribution is -0.141. The van der Waals surface area contributed by atoms with Crippen molar-refractivity contribution in [1.82, 2.24) is 20.9 Å². The molecule has 12 N–H and O–H groups in total. The number of hydrogen-bond acceptors (Lipinski definition) is 8. The number of carbonyl (C=O) groups excluding carboxylic acids is 5. The Bertz CT molecular complexity index is 1310. The van der Waals surface area contributed by atoms with Crippen LogP contribution in [0.25, 0.3) is 0 Å². The minimum absolute atomic E-state index is 0.0236. The molecule has 1 aliphatic heterocycles. The van der Waals surface area contributed by atoms with Gasteiger partial charge in [0.05, 0.1) is 6.04 Å². The van der Waals surface area contributed by atoms with Gasteiger partial charge in [-0.2, -0.15) is 0 Å². The largest absolute Gasteiger partial charge is 0.508 e. The molecule has 2 fully saturated rings. The lowest BCUT2D eigenvalue weighted by atomic mass is 9.83. The number of aliphatic imine (C=N–C) groups is 1. The fraction of sp³-hybridized carbons (Fsp3) is 0.647. The molecule has 1 saturated carbocycles. The maximum absolute atomic E-state index is 14.0. The fourth-order valence-electron chi connectivity index (χ4n) is 6.63. The number of amides is 5. The first-order valence-electron chi connectivity index (χ1n) is 17.4. The molecular formula is C34H55N9O6. The summed E-state index contributed by atoms with van der Waals surface area (Å²) >= 11 is 0. The van der Waals surface area contributed by atoms with E-state index in [0.717, 1.165) is 37.7 Å². The highest BCUT2D eigenvalue weighted by atomic mass is 16.3. The van der Waals surface area contributed by atoms with Gasteiger partial charge in [-0.05, 0) is 80.9 Å². The summed E-state index contributed by atoms with van der Waals surface area (Å²) in [7, 11) is 0. The van der Waals surface area contributed by atoms with Crippen molar-refractivity contribution in [1.29, 1.82) is 0 Å². The molecule has 272 valence electrons. The number of guanidine groups is 1. The topological polar surface area (TPSA) is 261 Å². The number of rotatable bonds is 17. The van der Waals surface area contributed by atoms with Crippen molar-refractivity contribution in [3.05, 3.63) is 29.8 Å². The van der Waals surface area contributed by atoms with E-state index < -0.39 is 59.7 Å². The van der Waals surface area contributed by atoms with Gasteiger partial charge in [0.15, 0.2) is 5.96 Å². The van der Waals surface area contributed by atoms with Crippen LogP contribution in [0.4, 0.5) is 0 Å². The zero-order valence-electron chi connectivity index (χ0n) is 28.7. The molecule has 15 heteroatoms. The van der Waals surface area contributed by atoms with Gasteiger partial charge in [-0.15, -0.1) is 0 Å². The van der Waals surface area contributed by atoms with Crippen LogP contribution in [-0.4, -0.2) is 88.8 Å². The molecule has 5 atom stereocenters. The van der Waals surface area contributed by atoms with Gasteiger partial charge in [0, 0.05) is 13.1 Å². The molecule has 49 heavy (non-hydrogen) atoms. The number of nitrogens with two attached hydrogens (primary N) is 4. The van der Waals surface area contributed by atoms with Crippen molar-refractivity contribution < 1.29 is 29.1 Å². The molecule has 3 rings (SSSR count). The number of benzene rings is 1. The third-order valence-corrected chi connectivity index (χ3v) is 9.19. The number of phenols is 1. The molecular weight excluding hydrogens is 630 g/mol. The maximum Gasteiger partial charge on any atom is 0.245 e. The lowest BCUT2D eigenvalue weighted by Gasteiger charge is -2.33. The molecule has 0 radical (unpaired) electrons. The highest BCUT2D eigenvalue weighted by molar-refractivity contribution is 5.96.